The number of anilines is 5. The van der Waals surface area contributed by atoms with Crippen LogP contribution in [0.1, 0.15) is 18.1 Å². The summed E-state index contributed by atoms with van der Waals surface area (Å²) in [6.07, 6.45) is 3.03. The van der Waals surface area contributed by atoms with E-state index in [2.05, 4.69) is 48.7 Å². The van der Waals surface area contributed by atoms with E-state index < -0.39 is 0 Å². The van der Waals surface area contributed by atoms with Crippen molar-refractivity contribution >= 4 is 52.4 Å². The van der Waals surface area contributed by atoms with Crippen molar-refractivity contribution < 1.29 is 9.59 Å². The fourth-order valence-electron chi connectivity index (χ4n) is 3.45. The SMILES string of the molecule is CC(=O)NCCNC(=O)Nc1ccc2cc1CCc1cccc(c1)Nc1ncc(Cl)c(n1)N2. The summed E-state index contributed by atoms with van der Waals surface area (Å²) in [4.78, 5) is 32.1. The minimum Gasteiger partial charge on any atom is -0.355 e. The first kappa shape index (κ1) is 22.3. The molecule has 1 aromatic heterocycles. The van der Waals surface area contributed by atoms with Gasteiger partial charge in [-0.2, -0.15) is 4.98 Å². The summed E-state index contributed by atoms with van der Waals surface area (Å²) in [5, 5.41) is 15.1. The Morgan fingerprint density at radius 3 is 2.70 bits per heavy atom. The van der Waals surface area contributed by atoms with Crippen molar-refractivity contribution in [2.45, 2.75) is 19.8 Å². The second-order valence-electron chi connectivity index (χ2n) is 7.58. The Hall–Kier alpha value is -3.85. The number of halogens is 1. The molecule has 2 heterocycles. The number of aromatic nitrogens is 2. The number of carbonyl (C=O) groups excluding carboxylic acids is 2. The van der Waals surface area contributed by atoms with E-state index in [-0.39, 0.29) is 11.9 Å². The van der Waals surface area contributed by atoms with E-state index in [1.54, 1.807) is 6.20 Å². The Morgan fingerprint density at radius 1 is 1.03 bits per heavy atom. The van der Waals surface area contributed by atoms with Gasteiger partial charge >= 0.3 is 6.03 Å². The van der Waals surface area contributed by atoms with Crippen LogP contribution in [0.5, 0.6) is 0 Å². The predicted octanol–water partition coefficient (Wildman–Crippen LogP) is 3.97. The molecule has 0 spiro atoms. The molecular formula is C23H24ClN7O2. The van der Waals surface area contributed by atoms with E-state index in [9.17, 15) is 9.59 Å². The molecule has 0 saturated carbocycles. The molecule has 10 heteroatoms. The molecule has 3 amide bonds. The van der Waals surface area contributed by atoms with Crippen LogP contribution in [0.15, 0.2) is 48.7 Å². The molecule has 170 valence electrons. The van der Waals surface area contributed by atoms with Gasteiger partial charge in [0, 0.05) is 37.1 Å². The lowest BCUT2D eigenvalue weighted by molar-refractivity contribution is -0.118. The molecule has 0 atom stereocenters. The lowest BCUT2D eigenvalue weighted by atomic mass is 10.0. The highest BCUT2D eigenvalue weighted by Gasteiger charge is 2.12. The van der Waals surface area contributed by atoms with E-state index in [1.807, 2.05) is 30.3 Å². The smallest absolute Gasteiger partial charge is 0.319 e. The van der Waals surface area contributed by atoms with Crippen LogP contribution in [-0.4, -0.2) is 35.0 Å². The zero-order valence-corrected chi connectivity index (χ0v) is 18.8. The maximum atomic E-state index is 12.4. The number of carbonyl (C=O) groups is 2. The van der Waals surface area contributed by atoms with Crippen LogP contribution in [0.3, 0.4) is 0 Å². The quantitative estimate of drug-likeness (QED) is 0.372. The van der Waals surface area contributed by atoms with E-state index in [0.29, 0.717) is 42.0 Å². The zero-order chi connectivity index (χ0) is 23.2. The number of nitrogens with zero attached hydrogens (tertiary/aromatic N) is 2. The normalized spacial score (nSPS) is 12.1. The highest BCUT2D eigenvalue weighted by Crippen LogP contribution is 2.29. The number of benzene rings is 2. The van der Waals surface area contributed by atoms with E-state index in [1.165, 1.54) is 6.92 Å². The van der Waals surface area contributed by atoms with Crippen LogP contribution in [0.2, 0.25) is 5.02 Å². The minimum atomic E-state index is -0.338. The first-order valence-corrected chi connectivity index (χ1v) is 10.9. The van der Waals surface area contributed by atoms with Gasteiger partial charge in [0.2, 0.25) is 11.9 Å². The Balaban J connectivity index is 1.59. The average Bonchev–Trinajstić information content (AvgIpc) is 2.79. The molecule has 6 bridgehead atoms. The summed E-state index contributed by atoms with van der Waals surface area (Å²) in [5.41, 5.74) is 4.47. The number of nitrogens with one attached hydrogen (secondary N) is 5. The number of fused-ring (bicyclic) bond motifs is 6. The summed E-state index contributed by atoms with van der Waals surface area (Å²) in [5.74, 6) is 0.779. The van der Waals surface area contributed by atoms with Crippen LogP contribution in [-0.2, 0) is 17.6 Å². The summed E-state index contributed by atoms with van der Waals surface area (Å²) < 4.78 is 0. The Labute approximate surface area is 196 Å². The second-order valence-corrected chi connectivity index (χ2v) is 7.98. The van der Waals surface area contributed by atoms with Gasteiger partial charge in [-0.25, -0.2) is 9.78 Å². The largest absolute Gasteiger partial charge is 0.355 e. The van der Waals surface area contributed by atoms with Gasteiger partial charge in [-0.15, -0.1) is 0 Å². The maximum Gasteiger partial charge on any atom is 0.319 e. The first-order chi connectivity index (χ1) is 16.0. The summed E-state index contributed by atoms with van der Waals surface area (Å²) in [7, 11) is 0. The molecule has 1 aliphatic rings. The third-order valence-electron chi connectivity index (χ3n) is 5.01. The molecule has 0 aliphatic carbocycles. The van der Waals surface area contributed by atoms with Crippen molar-refractivity contribution in [3.8, 4) is 0 Å². The van der Waals surface area contributed by atoms with Crippen LogP contribution in [0.4, 0.5) is 33.6 Å². The second kappa shape index (κ2) is 10.2. The third-order valence-corrected chi connectivity index (χ3v) is 5.29. The van der Waals surface area contributed by atoms with E-state index >= 15 is 0 Å². The molecule has 0 fully saturated rings. The molecule has 0 radical (unpaired) electrons. The van der Waals surface area contributed by atoms with Crippen LogP contribution in [0.25, 0.3) is 0 Å². The van der Waals surface area contributed by atoms with Crippen molar-refractivity contribution in [1.29, 1.82) is 0 Å². The number of hydrogen-bond acceptors (Lipinski definition) is 6. The van der Waals surface area contributed by atoms with Crippen molar-refractivity contribution in [2.24, 2.45) is 0 Å². The minimum absolute atomic E-state index is 0.137. The van der Waals surface area contributed by atoms with Gasteiger partial charge in [-0.1, -0.05) is 23.7 Å². The fourth-order valence-corrected chi connectivity index (χ4v) is 3.58. The number of hydrogen-bond donors (Lipinski definition) is 5. The van der Waals surface area contributed by atoms with Crippen LogP contribution < -0.4 is 26.6 Å². The molecule has 5 N–H and O–H groups in total. The molecule has 0 saturated heterocycles. The lowest BCUT2D eigenvalue weighted by Crippen LogP contribution is -2.36. The topological polar surface area (TPSA) is 120 Å². The number of rotatable bonds is 4. The van der Waals surface area contributed by atoms with Crippen molar-refractivity contribution in [3.63, 3.8) is 0 Å². The standard InChI is InChI=1S/C23H24ClN7O2/c1-14(32)25-9-10-26-23(33)30-20-8-7-18-12-16(20)6-5-15-3-2-4-17(11-15)29-22-27-13-19(24)21(28-18)31-22/h2-4,7-8,11-13H,5-6,9-10H2,1H3,(H,25,32)(H2,26,30,33)(H2,27,28,29,31). The van der Waals surface area contributed by atoms with Crippen LogP contribution in [0, 0.1) is 0 Å². The van der Waals surface area contributed by atoms with Gasteiger partial charge in [0.05, 0.1) is 6.20 Å². The van der Waals surface area contributed by atoms with Gasteiger partial charge in [0.25, 0.3) is 0 Å². The van der Waals surface area contributed by atoms with Gasteiger partial charge in [-0.3, -0.25) is 4.79 Å². The van der Waals surface area contributed by atoms with E-state index in [4.69, 9.17) is 11.6 Å². The molecular weight excluding hydrogens is 442 g/mol. The molecule has 3 aromatic rings. The Morgan fingerprint density at radius 2 is 1.85 bits per heavy atom. The first-order valence-electron chi connectivity index (χ1n) is 10.5. The molecule has 1 aliphatic heterocycles. The molecule has 33 heavy (non-hydrogen) atoms. The number of aryl methyl sites for hydroxylation is 2. The van der Waals surface area contributed by atoms with Gasteiger partial charge in [0.1, 0.15) is 5.02 Å². The third kappa shape index (κ3) is 6.11. The number of amides is 3. The van der Waals surface area contributed by atoms with Gasteiger partial charge < -0.3 is 26.6 Å². The Bertz CT molecular complexity index is 1190. The maximum absolute atomic E-state index is 12.4. The van der Waals surface area contributed by atoms with Crippen LogP contribution >= 0.6 is 11.6 Å². The average molecular weight is 466 g/mol. The highest BCUT2D eigenvalue weighted by atomic mass is 35.5. The monoisotopic (exact) mass is 465 g/mol. The van der Waals surface area contributed by atoms with E-state index in [0.717, 1.165) is 28.9 Å². The zero-order valence-electron chi connectivity index (χ0n) is 18.0. The Kier molecular flexibility index (Phi) is 6.89. The molecule has 9 nitrogen and oxygen atoms in total. The summed E-state index contributed by atoms with van der Waals surface area (Å²) in [6, 6.07) is 13.4. The predicted molar refractivity (Wildman–Crippen MR) is 130 cm³/mol. The molecule has 2 aromatic carbocycles. The highest BCUT2D eigenvalue weighted by molar-refractivity contribution is 6.32. The van der Waals surface area contributed by atoms with Crippen molar-refractivity contribution in [3.05, 3.63) is 64.8 Å². The molecule has 0 unspecified atom stereocenters. The fraction of sp³-hybridized carbons (Fsp3) is 0.217. The lowest BCUT2D eigenvalue weighted by Gasteiger charge is -2.15. The number of urea groups is 1. The summed E-state index contributed by atoms with van der Waals surface area (Å²) in [6.45, 7) is 2.13. The van der Waals surface area contributed by atoms with Crippen molar-refractivity contribution in [2.75, 3.05) is 29.0 Å². The van der Waals surface area contributed by atoms with Crippen molar-refractivity contribution in [1.82, 2.24) is 20.6 Å². The van der Waals surface area contributed by atoms with Gasteiger partial charge in [0.15, 0.2) is 5.82 Å². The van der Waals surface area contributed by atoms with Gasteiger partial charge in [-0.05, 0) is 54.3 Å². The molecule has 4 rings (SSSR count). The summed E-state index contributed by atoms with van der Waals surface area (Å²) >= 11 is 6.31.